The van der Waals surface area contributed by atoms with E-state index in [2.05, 4.69) is 10.1 Å². The van der Waals surface area contributed by atoms with Crippen LogP contribution in [-0.4, -0.2) is 27.0 Å². The van der Waals surface area contributed by atoms with E-state index in [-0.39, 0.29) is 24.9 Å². The lowest BCUT2D eigenvalue weighted by Crippen LogP contribution is -2.41. The molecule has 0 aromatic carbocycles. The average Bonchev–Trinajstić information content (AvgIpc) is 2.65. The predicted octanol–water partition coefficient (Wildman–Crippen LogP) is 1.72. The molecule has 2 N–H and O–H groups in total. The lowest BCUT2D eigenvalue weighted by Gasteiger charge is -2.27. The van der Waals surface area contributed by atoms with E-state index in [1.54, 1.807) is 4.68 Å². The molecule has 4 nitrogen and oxygen atoms in total. The van der Waals surface area contributed by atoms with Crippen LogP contribution in [0.1, 0.15) is 39.6 Å². The van der Waals surface area contributed by atoms with Crippen molar-refractivity contribution in [2.24, 2.45) is 11.7 Å². The topological polar surface area (TPSA) is 56.7 Å². The minimum atomic E-state index is -1.40. The van der Waals surface area contributed by atoms with E-state index in [1.807, 2.05) is 27.7 Å². The Kier molecular flexibility index (Phi) is 4.02. The van der Waals surface area contributed by atoms with Crippen LogP contribution in [0.25, 0.3) is 0 Å². The van der Waals surface area contributed by atoms with Crippen molar-refractivity contribution in [3.05, 3.63) is 12.2 Å². The van der Waals surface area contributed by atoms with E-state index < -0.39 is 5.67 Å². The van der Waals surface area contributed by atoms with Gasteiger partial charge in [0.15, 0.2) is 0 Å². The number of alkyl halides is 1. The van der Waals surface area contributed by atoms with Crippen molar-refractivity contribution in [2.75, 3.05) is 6.54 Å². The molecule has 0 radical (unpaired) electrons. The van der Waals surface area contributed by atoms with Gasteiger partial charge in [-0.3, -0.25) is 0 Å². The van der Waals surface area contributed by atoms with E-state index in [0.717, 1.165) is 0 Å². The second-order valence-corrected chi connectivity index (χ2v) is 4.78. The largest absolute Gasteiger partial charge is 0.328 e. The van der Waals surface area contributed by atoms with Gasteiger partial charge in [-0.25, -0.2) is 14.1 Å². The number of hydrogen-bond acceptors (Lipinski definition) is 3. The maximum atomic E-state index is 14.4. The summed E-state index contributed by atoms with van der Waals surface area (Å²) >= 11 is 0. The second-order valence-electron chi connectivity index (χ2n) is 4.78. The molecule has 92 valence electrons. The summed E-state index contributed by atoms with van der Waals surface area (Å²) < 4.78 is 16.2. The molecule has 0 fully saturated rings. The first-order chi connectivity index (χ1) is 7.40. The zero-order valence-electron chi connectivity index (χ0n) is 10.4. The highest BCUT2D eigenvalue weighted by atomic mass is 19.1. The van der Waals surface area contributed by atoms with E-state index >= 15 is 0 Å². The number of hydrogen-bond donors (Lipinski definition) is 1. The Morgan fingerprint density at radius 2 is 2.06 bits per heavy atom. The molecule has 0 amide bonds. The highest BCUT2D eigenvalue weighted by Crippen LogP contribution is 2.25. The summed E-state index contributed by atoms with van der Waals surface area (Å²) in [4.78, 5) is 4.11. The Bertz CT molecular complexity index is 334. The summed E-state index contributed by atoms with van der Waals surface area (Å²) in [6, 6.07) is 0.187. The highest BCUT2D eigenvalue weighted by Gasteiger charge is 2.34. The summed E-state index contributed by atoms with van der Waals surface area (Å²) in [7, 11) is 0. The summed E-state index contributed by atoms with van der Waals surface area (Å²) in [6.45, 7) is 7.67. The summed E-state index contributed by atoms with van der Waals surface area (Å²) in [5.74, 6) is 0.534. The summed E-state index contributed by atoms with van der Waals surface area (Å²) in [5, 5.41) is 4.09. The molecule has 0 saturated carbocycles. The van der Waals surface area contributed by atoms with Crippen molar-refractivity contribution in [3.63, 3.8) is 0 Å². The monoisotopic (exact) mass is 228 g/mol. The molecule has 0 saturated heterocycles. The molecule has 16 heavy (non-hydrogen) atoms. The van der Waals surface area contributed by atoms with E-state index in [0.29, 0.717) is 5.82 Å². The zero-order chi connectivity index (χ0) is 12.3. The number of nitrogens with two attached hydrogens (primary N) is 1. The first-order valence-corrected chi connectivity index (χ1v) is 5.68. The van der Waals surface area contributed by atoms with Gasteiger partial charge in [0.25, 0.3) is 0 Å². The standard InChI is InChI=1S/C11H21FN4/c1-8(2)11(12,6-13)5-10-14-7-15-16(10)9(3)4/h7-9H,5-6,13H2,1-4H3. The predicted molar refractivity (Wildman–Crippen MR) is 61.8 cm³/mol. The molecule has 1 rings (SSSR count). The minimum absolute atomic E-state index is 0.00955. The van der Waals surface area contributed by atoms with Crippen molar-refractivity contribution < 1.29 is 4.39 Å². The third-order valence-corrected chi connectivity index (χ3v) is 2.96. The van der Waals surface area contributed by atoms with Crippen LogP contribution in [0, 0.1) is 5.92 Å². The van der Waals surface area contributed by atoms with Crippen LogP contribution < -0.4 is 5.73 Å². The molecule has 1 heterocycles. The number of halogens is 1. The Hall–Kier alpha value is -0.970. The van der Waals surface area contributed by atoms with Gasteiger partial charge in [0.05, 0.1) is 0 Å². The average molecular weight is 228 g/mol. The maximum Gasteiger partial charge on any atom is 0.138 e. The van der Waals surface area contributed by atoms with Gasteiger partial charge in [-0.15, -0.1) is 0 Å². The molecule has 0 aliphatic carbocycles. The molecule has 0 bridgehead atoms. The molecule has 1 unspecified atom stereocenters. The molecule has 0 aliphatic heterocycles. The van der Waals surface area contributed by atoms with Crippen molar-refractivity contribution in [1.29, 1.82) is 0 Å². The molecular formula is C11H21FN4. The van der Waals surface area contributed by atoms with Crippen molar-refractivity contribution in [3.8, 4) is 0 Å². The third-order valence-electron chi connectivity index (χ3n) is 2.96. The van der Waals surface area contributed by atoms with E-state index in [1.165, 1.54) is 6.33 Å². The van der Waals surface area contributed by atoms with Crippen molar-refractivity contribution in [1.82, 2.24) is 14.8 Å². The van der Waals surface area contributed by atoms with Crippen LogP contribution in [0.5, 0.6) is 0 Å². The van der Waals surface area contributed by atoms with Crippen molar-refractivity contribution >= 4 is 0 Å². The maximum absolute atomic E-state index is 14.4. The molecule has 1 atom stereocenters. The van der Waals surface area contributed by atoms with Crippen LogP contribution in [0.2, 0.25) is 0 Å². The number of nitrogens with zero attached hydrogens (tertiary/aromatic N) is 3. The van der Waals surface area contributed by atoms with Crippen molar-refractivity contribution in [2.45, 2.75) is 45.8 Å². The molecule has 0 spiro atoms. The Morgan fingerprint density at radius 1 is 1.44 bits per heavy atom. The second kappa shape index (κ2) is 4.91. The molecular weight excluding hydrogens is 207 g/mol. The van der Waals surface area contributed by atoms with Crippen LogP contribution >= 0.6 is 0 Å². The van der Waals surface area contributed by atoms with E-state index in [9.17, 15) is 4.39 Å². The smallest absolute Gasteiger partial charge is 0.138 e. The molecule has 1 aromatic rings. The molecule has 1 aromatic heterocycles. The quantitative estimate of drug-likeness (QED) is 0.835. The zero-order valence-corrected chi connectivity index (χ0v) is 10.4. The minimum Gasteiger partial charge on any atom is -0.328 e. The summed E-state index contributed by atoms with van der Waals surface area (Å²) in [6.07, 6.45) is 1.69. The van der Waals surface area contributed by atoms with E-state index in [4.69, 9.17) is 5.73 Å². The Labute approximate surface area is 96.0 Å². The van der Waals surface area contributed by atoms with Gasteiger partial charge >= 0.3 is 0 Å². The highest BCUT2D eigenvalue weighted by molar-refractivity contribution is 4.98. The number of aromatic nitrogens is 3. The Morgan fingerprint density at radius 3 is 2.50 bits per heavy atom. The Balaban J connectivity index is 2.90. The fourth-order valence-electron chi connectivity index (χ4n) is 1.61. The van der Waals surface area contributed by atoms with Crippen LogP contribution in [0.15, 0.2) is 6.33 Å². The first-order valence-electron chi connectivity index (χ1n) is 5.68. The molecule has 0 aliphatic rings. The van der Waals surface area contributed by atoms with Gasteiger partial charge in [0, 0.05) is 19.0 Å². The van der Waals surface area contributed by atoms with Gasteiger partial charge in [-0.1, -0.05) is 13.8 Å². The van der Waals surface area contributed by atoms with Gasteiger partial charge < -0.3 is 5.73 Å². The van der Waals surface area contributed by atoms with Gasteiger partial charge in [0.2, 0.25) is 0 Å². The van der Waals surface area contributed by atoms with Gasteiger partial charge in [-0.05, 0) is 19.8 Å². The van der Waals surface area contributed by atoms with Crippen LogP contribution in [-0.2, 0) is 6.42 Å². The van der Waals surface area contributed by atoms with Gasteiger partial charge in [0.1, 0.15) is 17.8 Å². The normalized spacial score (nSPS) is 15.8. The third kappa shape index (κ3) is 2.58. The van der Waals surface area contributed by atoms with Gasteiger partial charge in [-0.2, -0.15) is 5.10 Å². The first kappa shape index (κ1) is 13.1. The fourth-order valence-corrected chi connectivity index (χ4v) is 1.61. The van der Waals surface area contributed by atoms with Crippen LogP contribution in [0.3, 0.4) is 0 Å². The fraction of sp³-hybridized carbons (Fsp3) is 0.818. The lowest BCUT2D eigenvalue weighted by molar-refractivity contribution is 0.106. The number of rotatable bonds is 5. The summed E-state index contributed by atoms with van der Waals surface area (Å²) in [5.41, 5.74) is 4.12. The lowest BCUT2D eigenvalue weighted by atomic mass is 9.89. The SMILES string of the molecule is CC(C)n1ncnc1CC(F)(CN)C(C)C. The van der Waals surface area contributed by atoms with Crippen LogP contribution in [0.4, 0.5) is 4.39 Å². The molecule has 5 heteroatoms.